The molecule has 1 amide bonds. The van der Waals surface area contributed by atoms with Crippen molar-refractivity contribution in [2.24, 2.45) is 12.5 Å². The Hall–Kier alpha value is -1.32. The van der Waals surface area contributed by atoms with Crippen LogP contribution in [0, 0.1) is 5.41 Å². The third kappa shape index (κ3) is 2.82. The number of carbonyl (C=O) groups excluding carboxylic acids is 1. The zero-order chi connectivity index (χ0) is 13.9. The third-order valence-electron chi connectivity index (χ3n) is 4.87. The van der Waals surface area contributed by atoms with Gasteiger partial charge in [0.1, 0.15) is 5.69 Å². The van der Waals surface area contributed by atoms with Crippen LogP contribution in [0.2, 0.25) is 0 Å². The van der Waals surface area contributed by atoms with Crippen LogP contribution in [0.4, 0.5) is 0 Å². The lowest BCUT2D eigenvalue weighted by molar-refractivity contribution is 0.0743. The van der Waals surface area contributed by atoms with Crippen LogP contribution in [0.25, 0.3) is 0 Å². The third-order valence-corrected chi connectivity index (χ3v) is 4.87. The van der Waals surface area contributed by atoms with Crippen molar-refractivity contribution in [1.29, 1.82) is 0 Å². The normalized spacial score (nSPS) is 19.2. The largest absolute Gasteiger partial charge is 0.337 e. The van der Waals surface area contributed by atoms with Crippen LogP contribution in [0.15, 0.2) is 12.3 Å². The van der Waals surface area contributed by atoms with Gasteiger partial charge in [-0.3, -0.25) is 9.48 Å². The van der Waals surface area contributed by atoms with E-state index < -0.39 is 0 Å². The fourth-order valence-corrected chi connectivity index (χ4v) is 3.16. The molecule has 0 saturated carbocycles. The Labute approximate surface area is 115 Å². The molecule has 1 saturated heterocycles. The van der Waals surface area contributed by atoms with E-state index in [9.17, 15) is 4.79 Å². The molecule has 1 aromatic heterocycles. The maximum Gasteiger partial charge on any atom is 0.272 e. The van der Waals surface area contributed by atoms with Gasteiger partial charge in [-0.15, -0.1) is 0 Å². The van der Waals surface area contributed by atoms with Crippen molar-refractivity contribution in [3.63, 3.8) is 0 Å². The molecule has 1 aliphatic rings. The lowest BCUT2D eigenvalue weighted by atomic mass is 9.76. The van der Waals surface area contributed by atoms with Gasteiger partial charge in [0.15, 0.2) is 0 Å². The van der Waals surface area contributed by atoms with Crippen LogP contribution in [0.5, 0.6) is 0 Å². The Bertz CT molecular complexity index is 434. The molecule has 0 aromatic carbocycles. The molecule has 0 N–H and O–H groups in total. The van der Waals surface area contributed by atoms with Crippen molar-refractivity contribution in [2.75, 3.05) is 13.1 Å². The Morgan fingerprint density at radius 2 is 2.05 bits per heavy atom. The minimum absolute atomic E-state index is 0.128. The molecule has 2 heterocycles. The van der Waals surface area contributed by atoms with E-state index in [-0.39, 0.29) is 5.91 Å². The van der Waals surface area contributed by atoms with Crippen molar-refractivity contribution in [3.8, 4) is 0 Å². The van der Waals surface area contributed by atoms with Gasteiger partial charge < -0.3 is 4.90 Å². The highest BCUT2D eigenvalue weighted by atomic mass is 16.2. The van der Waals surface area contributed by atoms with Gasteiger partial charge in [0.25, 0.3) is 5.91 Å². The topological polar surface area (TPSA) is 38.1 Å². The standard InChI is InChI=1S/C15H25N3O/c1-4-15(5-2)8-6-11-18(12-9-15)14(19)13-7-10-16-17(13)3/h7,10H,4-6,8-9,11-12H2,1-3H3. The highest BCUT2D eigenvalue weighted by molar-refractivity contribution is 5.92. The lowest BCUT2D eigenvalue weighted by Crippen LogP contribution is -2.34. The maximum atomic E-state index is 12.5. The number of nitrogens with zero attached hydrogens (tertiary/aromatic N) is 3. The van der Waals surface area contributed by atoms with E-state index in [1.54, 1.807) is 16.9 Å². The molecule has 0 bridgehead atoms. The lowest BCUT2D eigenvalue weighted by Gasteiger charge is -2.30. The number of rotatable bonds is 3. The van der Waals surface area contributed by atoms with E-state index in [1.807, 2.05) is 11.9 Å². The molecule has 4 heteroatoms. The molecular weight excluding hydrogens is 238 g/mol. The van der Waals surface area contributed by atoms with Gasteiger partial charge in [0.2, 0.25) is 0 Å². The molecule has 0 atom stereocenters. The van der Waals surface area contributed by atoms with Crippen molar-refractivity contribution < 1.29 is 4.79 Å². The number of amides is 1. The zero-order valence-electron chi connectivity index (χ0n) is 12.4. The monoisotopic (exact) mass is 263 g/mol. The maximum absolute atomic E-state index is 12.5. The first kappa shape index (κ1) is 14.1. The summed E-state index contributed by atoms with van der Waals surface area (Å²) in [6.45, 7) is 6.32. The van der Waals surface area contributed by atoms with E-state index in [4.69, 9.17) is 0 Å². The molecular formula is C15H25N3O. The van der Waals surface area contributed by atoms with Gasteiger partial charge in [-0.2, -0.15) is 5.10 Å². The average molecular weight is 263 g/mol. The van der Waals surface area contributed by atoms with Crippen LogP contribution in [-0.2, 0) is 7.05 Å². The molecule has 1 aliphatic heterocycles. The van der Waals surface area contributed by atoms with Crippen LogP contribution < -0.4 is 0 Å². The van der Waals surface area contributed by atoms with Crippen LogP contribution in [0.1, 0.15) is 56.4 Å². The highest BCUT2D eigenvalue weighted by Gasteiger charge is 2.31. The summed E-state index contributed by atoms with van der Waals surface area (Å²) in [6.07, 6.45) is 7.62. The summed E-state index contributed by atoms with van der Waals surface area (Å²) in [4.78, 5) is 14.5. The molecule has 2 rings (SSSR count). The van der Waals surface area contributed by atoms with Crippen molar-refractivity contribution in [2.45, 2.75) is 46.0 Å². The second kappa shape index (κ2) is 5.76. The quantitative estimate of drug-likeness (QED) is 0.841. The molecule has 1 aromatic rings. The van der Waals surface area contributed by atoms with Crippen molar-refractivity contribution >= 4 is 5.91 Å². The second-order valence-electron chi connectivity index (χ2n) is 5.69. The summed E-state index contributed by atoms with van der Waals surface area (Å²) in [5, 5.41) is 4.09. The Morgan fingerprint density at radius 1 is 1.32 bits per heavy atom. The average Bonchev–Trinajstić information content (AvgIpc) is 2.74. The number of aromatic nitrogens is 2. The first-order chi connectivity index (χ1) is 9.12. The van der Waals surface area contributed by atoms with E-state index >= 15 is 0 Å². The fourth-order valence-electron chi connectivity index (χ4n) is 3.16. The second-order valence-corrected chi connectivity index (χ2v) is 5.69. The molecule has 0 spiro atoms. The number of hydrogen-bond acceptors (Lipinski definition) is 2. The summed E-state index contributed by atoms with van der Waals surface area (Å²) >= 11 is 0. The molecule has 106 valence electrons. The summed E-state index contributed by atoms with van der Waals surface area (Å²) in [5.74, 6) is 0.128. The Balaban J connectivity index is 2.07. The SMILES string of the molecule is CCC1(CC)CCCN(C(=O)c2ccnn2C)CC1. The molecule has 19 heavy (non-hydrogen) atoms. The van der Waals surface area contributed by atoms with Crippen LogP contribution in [-0.4, -0.2) is 33.7 Å². The minimum atomic E-state index is 0.128. The summed E-state index contributed by atoms with van der Waals surface area (Å²) in [6, 6.07) is 1.81. The van der Waals surface area contributed by atoms with E-state index in [1.165, 1.54) is 19.3 Å². The Kier molecular flexibility index (Phi) is 4.27. The molecule has 0 radical (unpaired) electrons. The number of hydrogen-bond donors (Lipinski definition) is 0. The molecule has 0 aliphatic carbocycles. The minimum Gasteiger partial charge on any atom is -0.337 e. The molecule has 4 nitrogen and oxygen atoms in total. The van der Waals surface area contributed by atoms with Crippen molar-refractivity contribution in [1.82, 2.24) is 14.7 Å². The van der Waals surface area contributed by atoms with E-state index in [0.717, 1.165) is 25.9 Å². The van der Waals surface area contributed by atoms with Gasteiger partial charge in [-0.05, 0) is 30.7 Å². The molecule has 1 fully saturated rings. The highest BCUT2D eigenvalue weighted by Crippen LogP contribution is 2.38. The smallest absolute Gasteiger partial charge is 0.272 e. The first-order valence-electron chi connectivity index (χ1n) is 7.39. The Morgan fingerprint density at radius 3 is 2.63 bits per heavy atom. The zero-order valence-corrected chi connectivity index (χ0v) is 12.4. The van der Waals surface area contributed by atoms with Crippen molar-refractivity contribution in [3.05, 3.63) is 18.0 Å². The van der Waals surface area contributed by atoms with Gasteiger partial charge in [-0.1, -0.05) is 26.7 Å². The predicted octanol–water partition coefficient (Wildman–Crippen LogP) is 2.85. The first-order valence-corrected chi connectivity index (χ1v) is 7.39. The van der Waals surface area contributed by atoms with Gasteiger partial charge in [0, 0.05) is 26.3 Å². The summed E-state index contributed by atoms with van der Waals surface area (Å²) in [7, 11) is 1.83. The van der Waals surface area contributed by atoms with Crippen LogP contribution >= 0.6 is 0 Å². The predicted molar refractivity (Wildman–Crippen MR) is 76.0 cm³/mol. The number of likely N-dealkylation sites (tertiary alicyclic amines) is 1. The van der Waals surface area contributed by atoms with E-state index in [2.05, 4.69) is 18.9 Å². The van der Waals surface area contributed by atoms with Gasteiger partial charge >= 0.3 is 0 Å². The summed E-state index contributed by atoms with van der Waals surface area (Å²) in [5.41, 5.74) is 1.14. The van der Waals surface area contributed by atoms with Gasteiger partial charge in [0.05, 0.1) is 0 Å². The fraction of sp³-hybridized carbons (Fsp3) is 0.733. The van der Waals surface area contributed by atoms with Crippen LogP contribution in [0.3, 0.4) is 0 Å². The summed E-state index contributed by atoms with van der Waals surface area (Å²) < 4.78 is 1.67. The molecule has 0 unspecified atom stereocenters. The number of carbonyl (C=O) groups is 1. The van der Waals surface area contributed by atoms with Gasteiger partial charge in [-0.25, -0.2) is 0 Å². The van der Waals surface area contributed by atoms with E-state index in [0.29, 0.717) is 11.1 Å². The number of aryl methyl sites for hydroxylation is 1.